The largest absolute Gasteiger partial charge is 0.365 e. The summed E-state index contributed by atoms with van der Waals surface area (Å²) in [6.07, 6.45) is 4.44. The molecule has 1 aliphatic rings. The first-order valence-electron chi connectivity index (χ1n) is 14.0. The zero-order valence-electron chi connectivity index (χ0n) is 22.2. The highest BCUT2D eigenvalue weighted by Crippen LogP contribution is 2.31. The molecular weight excluding hydrogens is 492 g/mol. The minimum absolute atomic E-state index is 0.185. The lowest BCUT2D eigenvalue weighted by Gasteiger charge is -2.34. The number of aromatic nitrogens is 4. The molecule has 1 aliphatic carbocycles. The third-order valence-corrected chi connectivity index (χ3v) is 7.68. The van der Waals surface area contributed by atoms with Gasteiger partial charge in [0, 0.05) is 34.0 Å². The van der Waals surface area contributed by atoms with Crippen molar-refractivity contribution < 1.29 is 0 Å². The average Bonchev–Trinajstić information content (AvgIpc) is 3.02. The van der Waals surface area contributed by atoms with Crippen molar-refractivity contribution in [3.05, 3.63) is 109 Å². The second-order valence-corrected chi connectivity index (χ2v) is 10.3. The van der Waals surface area contributed by atoms with E-state index in [-0.39, 0.29) is 12.1 Å². The van der Waals surface area contributed by atoms with Gasteiger partial charge in [-0.3, -0.25) is 0 Å². The van der Waals surface area contributed by atoms with E-state index < -0.39 is 0 Å². The topological polar surface area (TPSA) is 75.6 Å². The van der Waals surface area contributed by atoms with Gasteiger partial charge < -0.3 is 10.6 Å². The van der Waals surface area contributed by atoms with Crippen LogP contribution in [0.3, 0.4) is 0 Å². The molecule has 196 valence electrons. The molecule has 6 aromatic rings. The zero-order valence-corrected chi connectivity index (χ0v) is 22.2. The molecule has 0 aliphatic heterocycles. The fraction of sp³-hybridized carbons (Fsp3) is 0.176. The molecule has 4 aromatic carbocycles. The van der Waals surface area contributed by atoms with Crippen LogP contribution >= 0.6 is 0 Å². The summed E-state index contributed by atoms with van der Waals surface area (Å²) in [5.74, 6) is 3.22. The van der Waals surface area contributed by atoms with Gasteiger partial charge in [-0.1, -0.05) is 97.8 Å². The molecule has 6 nitrogen and oxygen atoms in total. The van der Waals surface area contributed by atoms with Gasteiger partial charge in [-0.25, -0.2) is 19.9 Å². The van der Waals surface area contributed by atoms with Crippen LogP contribution in [0, 0.1) is 0 Å². The fourth-order valence-electron chi connectivity index (χ4n) is 5.63. The van der Waals surface area contributed by atoms with Crippen molar-refractivity contribution in [1.29, 1.82) is 0 Å². The third kappa shape index (κ3) is 4.84. The van der Waals surface area contributed by atoms with Gasteiger partial charge in [0.2, 0.25) is 0 Å². The molecule has 6 heteroatoms. The number of anilines is 2. The van der Waals surface area contributed by atoms with Crippen molar-refractivity contribution in [2.45, 2.75) is 37.8 Å². The molecule has 7 rings (SSSR count). The molecule has 40 heavy (non-hydrogen) atoms. The van der Waals surface area contributed by atoms with Crippen molar-refractivity contribution in [2.75, 3.05) is 10.6 Å². The number of benzene rings is 4. The van der Waals surface area contributed by atoms with E-state index >= 15 is 0 Å². The number of rotatable bonds is 6. The summed E-state index contributed by atoms with van der Waals surface area (Å²) < 4.78 is 0. The lowest BCUT2D eigenvalue weighted by Crippen LogP contribution is -2.42. The van der Waals surface area contributed by atoms with Crippen LogP contribution in [-0.4, -0.2) is 32.0 Å². The summed E-state index contributed by atoms with van der Waals surface area (Å²) in [5, 5.41) is 9.75. The van der Waals surface area contributed by atoms with E-state index in [1.165, 1.54) is 12.8 Å². The van der Waals surface area contributed by atoms with Crippen molar-refractivity contribution in [3.8, 4) is 22.8 Å². The zero-order chi connectivity index (χ0) is 26.7. The predicted molar refractivity (Wildman–Crippen MR) is 163 cm³/mol. The number of para-hydroxylation sites is 2. The van der Waals surface area contributed by atoms with Gasteiger partial charge in [-0.2, -0.15) is 0 Å². The number of fused-ring (bicyclic) bond motifs is 2. The maximum atomic E-state index is 5.03. The van der Waals surface area contributed by atoms with Crippen LogP contribution in [0.15, 0.2) is 109 Å². The lowest BCUT2D eigenvalue weighted by atomic mass is 9.90. The van der Waals surface area contributed by atoms with E-state index in [1.54, 1.807) is 0 Å². The highest BCUT2D eigenvalue weighted by Gasteiger charge is 2.27. The molecule has 0 spiro atoms. The molecule has 0 saturated heterocycles. The first-order valence-corrected chi connectivity index (χ1v) is 14.0. The van der Waals surface area contributed by atoms with Gasteiger partial charge in [-0.05, 0) is 37.1 Å². The van der Waals surface area contributed by atoms with E-state index in [4.69, 9.17) is 19.9 Å². The number of nitrogens with zero attached hydrogens (tertiary/aromatic N) is 4. The molecule has 2 heterocycles. The van der Waals surface area contributed by atoms with Crippen LogP contribution in [0.5, 0.6) is 0 Å². The minimum atomic E-state index is 0.185. The monoisotopic (exact) mass is 522 g/mol. The summed E-state index contributed by atoms with van der Waals surface area (Å²) in [5.41, 5.74) is 3.90. The molecule has 1 fully saturated rings. The van der Waals surface area contributed by atoms with Gasteiger partial charge in [0.1, 0.15) is 11.6 Å². The molecule has 2 atom stereocenters. The van der Waals surface area contributed by atoms with Crippen LogP contribution in [0.4, 0.5) is 11.6 Å². The molecular formula is C34H30N6. The smallest absolute Gasteiger partial charge is 0.162 e. The van der Waals surface area contributed by atoms with E-state index in [9.17, 15) is 0 Å². The fourth-order valence-corrected chi connectivity index (χ4v) is 5.63. The Hall–Kier alpha value is -4.84. The Labute approximate surface area is 233 Å². The van der Waals surface area contributed by atoms with Crippen LogP contribution in [-0.2, 0) is 0 Å². The van der Waals surface area contributed by atoms with Crippen molar-refractivity contribution in [2.24, 2.45) is 0 Å². The SMILES string of the molecule is c1ccc(-c2nc(N[C@H]3CCCC[C@@H]3Nc3nc(-c4ccccc4)nc4ccccc34)c3ccccc3n2)cc1. The molecule has 0 bridgehead atoms. The Bertz CT molecular complexity index is 1640. The Morgan fingerprint density at radius 3 is 1.30 bits per heavy atom. The standard InChI is InChI=1S/C34H30N6/c1-3-13-23(14-4-1)31-35-27-19-9-7-17-25(27)33(39-31)37-29-21-11-12-22-30(29)38-34-26-18-8-10-20-28(26)36-32(40-34)24-15-5-2-6-16-24/h1-10,13-20,29-30H,11-12,21-22H2,(H,35,37,39)(H,36,38,40)/t29-,30-/m0/s1. The number of nitrogens with one attached hydrogen (secondary N) is 2. The molecule has 0 unspecified atom stereocenters. The van der Waals surface area contributed by atoms with Crippen LogP contribution < -0.4 is 10.6 Å². The lowest BCUT2D eigenvalue weighted by molar-refractivity contribution is 0.423. The van der Waals surface area contributed by atoms with Crippen molar-refractivity contribution in [3.63, 3.8) is 0 Å². The quantitative estimate of drug-likeness (QED) is 0.233. The molecule has 0 radical (unpaired) electrons. The summed E-state index contributed by atoms with van der Waals surface area (Å²) >= 11 is 0. The normalized spacial score (nSPS) is 17.1. The molecule has 2 N–H and O–H groups in total. The van der Waals surface area contributed by atoms with Gasteiger partial charge >= 0.3 is 0 Å². The Balaban J connectivity index is 1.25. The van der Waals surface area contributed by atoms with E-state index in [0.717, 1.165) is 69.1 Å². The second-order valence-electron chi connectivity index (χ2n) is 10.3. The average molecular weight is 523 g/mol. The highest BCUT2D eigenvalue weighted by atomic mass is 15.1. The molecule has 1 saturated carbocycles. The molecule has 2 aromatic heterocycles. The minimum Gasteiger partial charge on any atom is -0.365 e. The van der Waals surface area contributed by atoms with Crippen LogP contribution in [0.25, 0.3) is 44.6 Å². The third-order valence-electron chi connectivity index (χ3n) is 7.68. The Morgan fingerprint density at radius 2 is 0.850 bits per heavy atom. The maximum absolute atomic E-state index is 5.03. The van der Waals surface area contributed by atoms with Crippen LogP contribution in [0.1, 0.15) is 25.7 Å². The van der Waals surface area contributed by atoms with Crippen LogP contribution in [0.2, 0.25) is 0 Å². The van der Waals surface area contributed by atoms with Crippen molar-refractivity contribution >= 4 is 33.4 Å². The highest BCUT2D eigenvalue weighted by molar-refractivity contribution is 5.92. The van der Waals surface area contributed by atoms with Crippen molar-refractivity contribution in [1.82, 2.24) is 19.9 Å². The summed E-state index contributed by atoms with van der Waals surface area (Å²) in [6, 6.07) is 37.2. The maximum Gasteiger partial charge on any atom is 0.162 e. The van der Waals surface area contributed by atoms with Gasteiger partial charge in [0.15, 0.2) is 11.6 Å². The Kier molecular flexibility index (Phi) is 6.50. The van der Waals surface area contributed by atoms with Gasteiger partial charge in [-0.15, -0.1) is 0 Å². The van der Waals surface area contributed by atoms with E-state index in [1.807, 2.05) is 60.7 Å². The van der Waals surface area contributed by atoms with E-state index in [0.29, 0.717) is 0 Å². The summed E-state index contributed by atoms with van der Waals surface area (Å²) in [6.45, 7) is 0. The van der Waals surface area contributed by atoms with Gasteiger partial charge in [0.05, 0.1) is 11.0 Å². The van der Waals surface area contributed by atoms with Gasteiger partial charge in [0.25, 0.3) is 0 Å². The first-order chi connectivity index (χ1) is 19.8. The number of hydrogen-bond acceptors (Lipinski definition) is 6. The second kappa shape index (κ2) is 10.7. The summed E-state index contributed by atoms with van der Waals surface area (Å²) in [7, 11) is 0. The predicted octanol–water partition coefficient (Wildman–Crippen LogP) is 7.74. The molecule has 0 amide bonds. The number of hydrogen-bond donors (Lipinski definition) is 2. The summed E-state index contributed by atoms with van der Waals surface area (Å²) in [4.78, 5) is 19.8. The van der Waals surface area contributed by atoms with E-state index in [2.05, 4.69) is 59.2 Å². The Morgan fingerprint density at radius 1 is 0.450 bits per heavy atom. The first kappa shape index (κ1) is 24.2.